The van der Waals surface area contributed by atoms with Gasteiger partial charge in [0, 0.05) is 38.8 Å². The normalized spacial score (nSPS) is 13.0. The van der Waals surface area contributed by atoms with Crippen molar-refractivity contribution in [1.82, 2.24) is 30.0 Å². The Morgan fingerprint density at radius 2 is 1.97 bits per heavy atom. The molecule has 7 nitrogen and oxygen atoms in total. The molecule has 4 rings (SSSR count). The third kappa shape index (κ3) is 6.12. The van der Waals surface area contributed by atoms with E-state index < -0.39 is 11.9 Å². The van der Waals surface area contributed by atoms with E-state index in [1.807, 2.05) is 42.8 Å². The Morgan fingerprint density at radius 3 is 2.48 bits per heavy atom. The Kier molecular flexibility index (Phi) is 7.50. The van der Waals surface area contributed by atoms with Gasteiger partial charge >= 0.3 is 6.18 Å². The molecule has 0 radical (unpaired) electrons. The minimum Gasteiger partial charge on any atom is -0.573 e. The molecule has 11 heteroatoms. The third-order valence-corrected chi connectivity index (χ3v) is 3.51. The molecule has 0 atom stereocenters. The second kappa shape index (κ2) is 9.64. The van der Waals surface area contributed by atoms with E-state index in [0.717, 1.165) is 17.6 Å². The molecule has 0 aliphatic carbocycles. The molecule has 0 saturated carbocycles. The van der Waals surface area contributed by atoms with Crippen LogP contribution in [-0.4, -0.2) is 32.0 Å². The zero-order chi connectivity index (χ0) is 20.1. The Hall–Kier alpha value is -2.74. The van der Waals surface area contributed by atoms with Gasteiger partial charge in [-0.25, -0.2) is 0 Å². The molecule has 0 unspecified atom stereocenters. The molecule has 156 valence electrons. The summed E-state index contributed by atoms with van der Waals surface area (Å²) in [6.45, 7) is 3.78. The van der Waals surface area contributed by atoms with E-state index >= 15 is 0 Å². The fraction of sp³-hybridized carbons (Fsp3) is 0.167. The Morgan fingerprint density at radius 1 is 1.17 bits per heavy atom. The van der Waals surface area contributed by atoms with Gasteiger partial charge in [0.15, 0.2) is 0 Å². The van der Waals surface area contributed by atoms with Crippen molar-refractivity contribution < 1.29 is 34.2 Å². The standard InChI is InChI=1S/C9H5F3N3.C9H10N4.Pt/c10-9(11,12)8-5-7(14-15-8)6-3-1-2-4-13-6;1-8-10-5-9(6-11-8)13-4-3-12(2)7-13;/h1-5H;3-5,7H,1-2H3;/q-1;-2;. The van der Waals surface area contributed by atoms with Gasteiger partial charge in [0.25, 0.3) is 0 Å². The van der Waals surface area contributed by atoms with Crippen LogP contribution in [0.25, 0.3) is 11.4 Å². The second-order valence-corrected chi connectivity index (χ2v) is 5.73. The van der Waals surface area contributed by atoms with Gasteiger partial charge in [0.1, 0.15) is 5.69 Å². The van der Waals surface area contributed by atoms with Gasteiger partial charge < -0.3 is 30.0 Å². The number of rotatable bonds is 2. The number of nitrogens with zero attached hydrogens (tertiary/aromatic N) is 7. The number of hydrogen-bond acceptors (Lipinski definition) is 6. The fourth-order valence-electron chi connectivity index (χ4n) is 2.14. The van der Waals surface area contributed by atoms with E-state index in [0.29, 0.717) is 5.69 Å². The summed E-state index contributed by atoms with van der Waals surface area (Å²) in [5, 5.41) is 6.47. The van der Waals surface area contributed by atoms with Crippen LogP contribution >= 0.6 is 0 Å². The summed E-state index contributed by atoms with van der Waals surface area (Å²) in [7, 11) is 1.96. The molecule has 0 spiro atoms. The van der Waals surface area contributed by atoms with E-state index in [9.17, 15) is 13.2 Å². The molecule has 0 bridgehead atoms. The average Bonchev–Trinajstić information content (AvgIpc) is 3.33. The number of halogens is 3. The van der Waals surface area contributed by atoms with Crippen LogP contribution in [0.1, 0.15) is 11.5 Å². The summed E-state index contributed by atoms with van der Waals surface area (Å²) in [5.74, 6) is 0.736. The van der Waals surface area contributed by atoms with Crippen molar-refractivity contribution in [1.29, 1.82) is 0 Å². The molecule has 0 saturated heterocycles. The van der Waals surface area contributed by atoms with Gasteiger partial charge in [0.2, 0.25) is 0 Å². The molecule has 4 heterocycles. The summed E-state index contributed by atoms with van der Waals surface area (Å²) >= 11 is 0. The van der Waals surface area contributed by atoms with Crippen LogP contribution in [0.4, 0.5) is 18.9 Å². The van der Waals surface area contributed by atoms with Gasteiger partial charge in [0.05, 0.1) is 0 Å². The second-order valence-electron chi connectivity index (χ2n) is 5.73. The summed E-state index contributed by atoms with van der Waals surface area (Å²) in [5.41, 5.74) is 0.359. The van der Waals surface area contributed by atoms with Crippen molar-refractivity contribution in [2.24, 2.45) is 0 Å². The minimum absolute atomic E-state index is 0. The molecule has 0 aromatic carbocycles. The maximum atomic E-state index is 12.2. The monoisotopic (exact) mass is 581 g/mol. The number of alkyl halides is 3. The fourth-order valence-corrected chi connectivity index (χ4v) is 2.14. The van der Waals surface area contributed by atoms with Crippen LogP contribution in [0.2, 0.25) is 0 Å². The Labute approximate surface area is 180 Å². The molecule has 0 amide bonds. The molecule has 1 aliphatic heterocycles. The topological polar surface area (TPSA) is 72.1 Å². The average molecular weight is 581 g/mol. The van der Waals surface area contributed by atoms with Crippen LogP contribution in [0.3, 0.4) is 0 Å². The SMILES string of the molecule is Cc1n[c-]c(N2C=CN(C)[CH-]2)cn1.FC(F)(F)c1cc(-c2ccccn2)[n-]n1.[Pt]. The van der Waals surface area contributed by atoms with Crippen LogP contribution in [0, 0.1) is 19.8 Å². The third-order valence-electron chi connectivity index (χ3n) is 3.51. The number of anilines is 1. The maximum absolute atomic E-state index is 12.2. The molecular formula is C18H15F3N7Pt-3. The first-order valence-electron chi connectivity index (χ1n) is 8.07. The molecular weight excluding hydrogens is 566 g/mol. The van der Waals surface area contributed by atoms with E-state index in [-0.39, 0.29) is 26.8 Å². The van der Waals surface area contributed by atoms with Crippen LogP contribution in [0.5, 0.6) is 0 Å². The van der Waals surface area contributed by atoms with Crippen molar-refractivity contribution in [3.05, 3.63) is 73.4 Å². The zero-order valence-electron chi connectivity index (χ0n) is 15.3. The van der Waals surface area contributed by atoms with E-state index in [4.69, 9.17) is 0 Å². The maximum Gasteiger partial charge on any atom is 0.431 e. The molecule has 3 aromatic heterocycles. The summed E-state index contributed by atoms with van der Waals surface area (Å²) in [4.78, 5) is 15.8. The number of aromatic nitrogens is 5. The van der Waals surface area contributed by atoms with Crippen LogP contribution in [-0.2, 0) is 27.2 Å². The predicted molar refractivity (Wildman–Crippen MR) is 95.1 cm³/mol. The van der Waals surface area contributed by atoms with Crippen LogP contribution < -0.4 is 10.00 Å². The summed E-state index contributed by atoms with van der Waals surface area (Å²) < 4.78 is 36.6. The van der Waals surface area contributed by atoms with Gasteiger partial charge in [-0.05, 0) is 37.6 Å². The molecule has 3 aromatic rings. The van der Waals surface area contributed by atoms with Crippen molar-refractivity contribution in [2.45, 2.75) is 13.1 Å². The summed E-state index contributed by atoms with van der Waals surface area (Å²) in [6.07, 6.45) is 5.57. The van der Waals surface area contributed by atoms with Crippen molar-refractivity contribution in [3.63, 3.8) is 0 Å². The van der Waals surface area contributed by atoms with Gasteiger partial charge in [-0.2, -0.15) is 19.8 Å². The van der Waals surface area contributed by atoms with Gasteiger partial charge in [-0.3, -0.25) is 4.98 Å². The van der Waals surface area contributed by atoms with E-state index in [1.54, 1.807) is 24.4 Å². The Balaban J connectivity index is 0.000000202. The van der Waals surface area contributed by atoms with Gasteiger partial charge in [-0.1, -0.05) is 36.8 Å². The smallest absolute Gasteiger partial charge is 0.431 e. The quantitative estimate of drug-likeness (QED) is 0.431. The van der Waals surface area contributed by atoms with Gasteiger partial charge in [-0.15, -0.1) is 0 Å². The zero-order valence-corrected chi connectivity index (χ0v) is 17.5. The molecule has 0 N–H and O–H groups in total. The van der Waals surface area contributed by atoms with Crippen molar-refractivity contribution >= 4 is 5.69 Å². The largest absolute Gasteiger partial charge is 0.573 e. The van der Waals surface area contributed by atoms with E-state index in [2.05, 4.69) is 31.3 Å². The molecule has 1 aliphatic rings. The Bertz CT molecular complexity index is 927. The van der Waals surface area contributed by atoms with Crippen molar-refractivity contribution in [3.8, 4) is 11.4 Å². The predicted octanol–water partition coefficient (Wildman–Crippen LogP) is 3.04. The minimum atomic E-state index is -4.46. The molecule has 0 fully saturated rings. The molecule has 29 heavy (non-hydrogen) atoms. The van der Waals surface area contributed by atoms with Crippen molar-refractivity contribution in [2.75, 3.05) is 11.9 Å². The number of pyridine rings is 1. The first-order chi connectivity index (χ1) is 13.3. The van der Waals surface area contributed by atoms with E-state index in [1.165, 1.54) is 6.20 Å². The summed E-state index contributed by atoms with van der Waals surface area (Å²) in [6, 6.07) is 5.79. The first kappa shape index (κ1) is 22.5. The number of hydrogen-bond donors (Lipinski definition) is 0. The first-order valence-corrected chi connectivity index (χ1v) is 8.07. The number of aryl methyl sites for hydroxylation is 1. The van der Waals surface area contributed by atoms with Crippen LogP contribution in [0.15, 0.2) is 49.1 Å².